The molecule has 76 valence electrons. The van der Waals surface area contributed by atoms with Crippen molar-refractivity contribution in [2.24, 2.45) is 0 Å². The fourth-order valence-electron chi connectivity index (χ4n) is 1.73. The van der Waals surface area contributed by atoms with Crippen molar-refractivity contribution in [2.45, 2.75) is 24.9 Å². The summed E-state index contributed by atoms with van der Waals surface area (Å²) in [6, 6.07) is 0.493. The van der Waals surface area contributed by atoms with E-state index in [0.29, 0.717) is 6.04 Å². The van der Waals surface area contributed by atoms with Gasteiger partial charge in [-0.3, -0.25) is 4.79 Å². The number of likely N-dealkylation sites (N-methyl/N-ethyl adjacent to an activating group) is 2. The first-order valence-corrected chi connectivity index (χ1v) is 4.77. The van der Waals surface area contributed by atoms with Gasteiger partial charge in [-0.15, -0.1) is 0 Å². The monoisotopic (exact) mass is 185 g/mol. The Balaban J connectivity index is 2.36. The normalized spacial score (nSPS) is 27.6. The molecule has 1 fully saturated rings. The largest absolute Gasteiger partial charge is 0.347 e. The summed E-state index contributed by atoms with van der Waals surface area (Å²) in [6.45, 7) is 0.942. The summed E-state index contributed by atoms with van der Waals surface area (Å²) in [6.07, 6.45) is 2.05. The first kappa shape index (κ1) is 10.5. The molecule has 0 aromatic heterocycles. The lowest BCUT2D eigenvalue weighted by atomic mass is 10.2. The van der Waals surface area contributed by atoms with Crippen molar-refractivity contribution in [3.05, 3.63) is 0 Å². The second kappa shape index (κ2) is 4.58. The molecule has 0 bridgehead atoms. The number of amides is 1. The predicted octanol–water partition coefficient (Wildman–Crippen LogP) is -0.585. The lowest BCUT2D eigenvalue weighted by Gasteiger charge is -2.17. The van der Waals surface area contributed by atoms with Gasteiger partial charge in [0.25, 0.3) is 0 Å². The van der Waals surface area contributed by atoms with Crippen molar-refractivity contribution in [1.82, 2.24) is 15.5 Å². The molecule has 2 N–H and O–H groups in total. The molecular weight excluding hydrogens is 166 g/mol. The maximum Gasteiger partial charge on any atom is 0.239 e. The molecule has 1 saturated heterocycles. The molecule has 1 amide bonds. The molecule has 13 heavy (non-hydrogen) atoms. The van der Waals surface area contributed by atoms with Gasteiger partial charge in [-0.05, 0) is 19.9 Å². The molecule has 0 spiro atoms. The number of carbonyl (C=O) groups is 1. The van der Waals surface area contributed by atoms with Crippen molar-refractivity contribution >= 4 is 5.91 Å². The maximum absolute atomic E-state index is 11.5. The van der Waals surface area contributed by atoms with Gasteiger partial charge in [-0.1, -0.05) is 0 Å². The van der Waals surface area contributed by atoms with E-state index in [1.165, 1.54) is 0 Å². The summed E-state index contributed by atoms with van der Waals surface area (Å²) in [5.41, 5.74) is 0. The molecule has 4 nitrogen and oxygen atoms in total. The molecule has 4 heteroatoms. The molecule has 0 aromatic carbocycles. The van der Waals surface area contributed by atoms with Gasteiger partial charge in [-0.25, -0.2) is 0 Å². The maximum atomic E-state index is 11.5. The van der Waals surface area contributed by atoms with E-state index in [-0.39, 0.29) is 11.9 Å². The van der Waals surface area contributed by atoms with Gasteiger partial charge < -0.3 is 15.5 Å². The van der Waals surface area contributed by atoms with Gasteiger partial charge in [0.15, 0.2) is 0 Å². The average molecular weight is 185 g/mol. The number of hydrogen-bond donors (Lipinski definition) is 2. The Morgan fingerprint density at radius 3 is 2.77 bits per heavy atom. The minimum Gasteiger partial charge on any atom is -0.347 e. The molecule has 0 aromatic rings. The lowest BCUT2D eigenvalue weighted by molar-refractivity contribution is -0.130. The SMILES string of the molecule is CNCC1CCC(C(=O)N(C)C)N1. The summed E-state index contributed by atoms with van der Waals surface area (Å²) in [5, 5.41) is 6.43. The summed E-state index contributed by atoms with van der Waals surface area (Å²) in [7, 11) is 5.54. The van der Waals surface area contributed by atoms with Crippen LogP contribution in [0.4, 0.5) is 0 Å². The Bertz CT molecular complexity index is 182. The molecule has 1 rings (SSSR count). The van der Waals surface area contributed by atoms with Crippen LogP contribution in [0, 0.1) is 0 Å². The Morgan fingerprint density at radius 2 is 2.23 bits per heavy atom. The third kappa shape index (κ3) is 2.67. The summed E-state index contributed by atoms with van der Waals surface area (Å²) in [5.74, 6) is 0.193. The van der Waals surface area contributed by atoms with Crippen LogP contribution in [0.3, 0.4) is 0 Å². The highest BCUT2D eigenvalue weighted by Gasteiger charge is 2.29. The van der Waals surface area contributed by atoms with Gasteiger partial charge in [0.2, 0.25) is 5.91 Å². The molecular formula is C9H19N3O. The van der Waals surface area contributed by atoms with Crippen LogP contribution in [0.2, 0.25) is 0 Å². The van der Waals surface area contributed by atoms with E-state index in [1.807, 2.05) is 7.05 Å². The Morgan fingerprint density at radius 1 is 1.54 bits per heavy atom. The number of hydrogen-bond acceptors (Lipinski definition) is 3. The Labute approximate surface area is 79.7 Å². The van der Waals surface area contributed by atoms with E-state index in [1.54, 1.807) is 19.0 Å². The first-order chi connectivity index (χ1) is 6.15. The van der Waals surface area contributed by atoms with Crippen molar-refractivity contribution in [3.8, 4) is 0 Å². The molecule has 1 aliphatic heterocycles. The van der Waals surface area contributed by atoms with Crippen LogP contribution in [-0.2, 0) is 4.79 Å². The molecule has 0 saturated carbocycles. The van der Waals surface area contributed by atoms with Crippen LogP contribution in [0.25, 0.3) is 0 Å². The molecule has 0 aliphatic carbocycles. The number of rotatable bonds is 3. The zero-order chi connectivity index (χ0) is 9.84. The van der Waals surface area contributed by atoms with Crippen molar-refractivity contribution in [3.63, 3.8) is 0 Å². The summed E-state index contributed by atoms with van der Waals surface area (Å²) in [4.78, 5) is 13.2. The highest BCUT2D eigenvalue weighted by atomic mass is 16.2. The number of nitrogens with zero attached hydrogens (tertiary/aromatic N) is 1. The minimum absolute atomic E-state index is 0.0355. The Hall–Kier alpha value is -0.610. The second-order valence-corrected chi connectivity index (χ2v) is 3.78. The van der Waals surface area contributed by atoms with Crippen LogP contribution in [-0.4, -0.2) is 50.6 Å². The van der Waals surface area contributed by atoms with Crippen molar-refractivity contribution in [1.29, 1.82) is 0 Å². The van der Waals surface area contributed by atoms with E-state index in [0.717, 1.165) is 19.4 Å². The summed E-state index contributed by atoms with van der Waals surface area (Å²) >= 11 is 0. The first-order valence-electron chi connectivity index (χ1n) is 4.77. The Kier molecular flexibility index (Phi) is 3.69. The predicted molar refractivity (Wildman–Crippen MR) is 52.6 cm³/mol. The van der Waals surface area contributed by atoms with Gasteiger partial charge in [0, 0.05) is 26.7 Å². The molecule has 0 radical (unpaired) electrons. The zero-order valence-electron chi connectivity index (χ0n) is 8.63. The van der Waals surface area contributed by atoms with E-state index in [2.05, 4.69) is 10.6 Å². The second-order valence-electron chi connectivity index (χ2n) is 3.78. The lowest BCUT2D eigenvalue weighted by Crippen LogP contribution is -2.44. The fourth-order valence-corrected chi connectivity index (χ4v) is 1.73. The van der Waals surface area contributed by atoms with E-state index < -0.39 is 0 Å². The third-order valence-electron chi connectivity index (χ3n) is 2.43. The number of nitrogens with one attached hydrogen (secondary N) is 2. The highest BCUT2D eigenvalue weighted by Crippen LogP contribution is 2.12. The topological polar surface area (TPSA) is 44.4 Å². The van der Waals surface area contributed by atoms with Crippen LogP contribution >= 0.6 is 0 Å². The van der Waals surface area contributed by atoms with Gasteiger partial charge in [0.05, 0.1) is 6.04 Å². The van der Waals surface area contributed by atoms with Crippen molar-refractivity contribution < 1.29 is 4.79 Å². The highest BCUT2D eigenvalue weighted by molar-refractivity contribution is 5.81. The molecule has 2 unspecified atom stereocenters. The van der Waals surface area contributed by atoms with E-state index in [9.17, 15) is 4.79 Å². The van der Waals surface area contributed by atoms with Crippen LogP contribution in [0.5, 0.6) is 0 Å². The standard InChI is InChI=1S/C9H19N3O/c1-10-6-7-4-5-8(11-7)9(13)12(2)3/h7-8,10-11H,4-6H2,1-3H3. The van der Waals surface area contributed by atoms with Crippen LogP contribution < -0.4 is 10.6 Å². The summed E-state index contributed by atoms with van der Waals surface area (Å²) < 4.78 is 0. The minimum atomic E-state index is 0.0355. The van der Waals surface area contributed by atoms with E-state index in [4.69, 9.17) is 0 Å². The van der Waals surface area contributed by atoms with Gasteiger partial charge in [-0.2, -0.15) is 0 Å². The number of carbonyl (C=O) groups excluding carboxylic acids is 1. The molecule has 2 atom stereocenters. The molecule has 1 heterocycles. The smallest absolute Gasteiger partial charge is 0.239 e. The average Bonchev–Trinajstić information content (AvgIpc) is 2.52. The molecule has 1 aliphatic rings. The van der Waals surface area contributed by atoms with Crippen LogP contribution in [0.15, 0.2) is 0 Å². The van der Waals surface area contributed by atoms with Gasteiger partial charge in [0.1, 0.15) is 0 Å². The fraction of sp³-hybridized carbons (Fsp3) is 0.889. The third-order valence-corrected chi connectivity index (χ3v) is 2.43. The quantitative estimate of drug-likeness (QED) is 0.618. The van der Waals surface area contributed by atoms with Gasteiger partial charge >= 0.3 is 0 Å². The zero-order valence-corrected chi connectivity index (χ0v) is 8.63. The van der Waals surface area contributed by atoms with E-state index >= 15 is 0 Å². The van der Waals surface area contributed by atoms with Crippen LogP contribution in [0.1, 0.15) is 12.8 Å². The van der Waals surface area contributed by atoms with Crippen molar-refractivity contribution in [2.75, 3.05) is 27.7 Å².